The van der Waals surface area contributed by atoms with Crippen molar-refractivity contribution in [3.63, 3.8) is 0 Å². The molecule has 0 amide bonds. The third-order valence-corrected chi connectivity index (χ3v) is 2.55. The molecule has 2 N–H and O–H groups in total. The van der Waals surface area contributed by atoms with Gasteiger partial charge < -0.3 is 5.73 Å². The Hall–Kier alpha value is -0.300. The Kier molecular flexibility index (Phi) is 3.13. The number of hydrogen-bond acceptors (Lipinski definition) is 1. The van der Waals surface area contributed by atoms with E-state index in [-0.39, 0.29) is 0 Å². The lowest BCUT2D eigenvalue weighted by molar-refractivity contribution is 0.585. The lowest BCUT2D eigenvalue weighted by atomic mass is 9.96. The molecule has 2 atom stereocenters. The highest BCUT2D eigenvalue weighted by Gasteiger charge is 2.15. The fourth-order valence-electron chi connectivity index (χ4n) is 1.80. The minimum Gasteiger partial charge on any atom is -0.324 e. The van der Waals surface area contributed by atoms with E-state index in [9.17, 15) is 0 Å². The van der Waals surface area contributed by atoms with Gasteiger partial charge in [-0.3, -0.25) is 0 Å². The number of rotatable bonds is 3. The second-order valence-corrected chi connectivity index (χ2v) is 3.63. The van der Waals surface area contributed by atoms with Gasteiger partial charge in [-0.2, -0.15) is 0 Å². The maximum absolute atomic E-state index is 5.78. The molecule has 0 aromatic rings. The highest BCUT2D eigenvalue weighted by Crippen LogP contribution is 2.26. The number of nitrogens with two attached hydrogens (primary N) is 1. The van der Waals surface area contributed by atoms with Crippen molar-refractivity contribution in [3.8, 4) is 0 Å². The summed E-state index contributed by atoms with van der Waals surface area (Å²) in [6, 6.07) is 0.351. The van der Waals surface area contributed by atoms with E-state index in [1.54, 1.807) is 5.57 Å². The Morgan fingerprint density at radius 2 is 2.45 bits per heavy atom. The van der Waals surface area contributed by atoms with Crippen LogP contribution >= 0.6 is 0 Å². The van der Waals surface area contributed by atoms with Crippen molar-refractivity contribution in [3.05, 3.63) is 11.6 Å². The minimum absolute atomic E-state index is 0.351. The highest BCUT2D eigenvalue weighted by molar-refractivity contribution is 5.15. The van der Waals surface area contributed by atoms with Gasteiger partial charge >= 0.3 is 0 Å². The zero-order valence-corrected chi connectivity index (χ0v) is 7.64. The molecular formula is C10H19N. The van der Waals surface area contributed by atoms with Crippen LogP contribution in [0.4, 0.5) is 0 Å². The van der Waals surface area contributed by atoms with Crippen molar-refractivity contribution in [2.75, 3.05) is 0 Å². The SMILES string of the molecule is CCCC(C)C1=CC(N)CC1. The summed E-state index contributed by atoms with van der Waals surface area (Å²) in [5.74, 6) is 0.772. The van der Waals surface area contributed by atoms with Crippen LogP contribution in [0.3, 0.4) is 0 Å². The van der Waals surface area contributed by atoms with Crippen LogP contribution in [-0.4, -0.2) is 6.04 Å². The first-order chi connectivity index (χ1) is 5.24. The standard InChI is InChI=1S/C10H19N/c1-3-4-8(2)9-5-6-10(11)7-9/h7-8,10H,3-6,11H2,1-2H3. The smallest absolute Gasteiger partial charge is 0.0229 e. The van der Waals surface area contributed by atoms with E-state index in [4.69, 9.17) is 5.73 Å². The van der Waals surface area contributed by atoms with Gasteiger partial charge in [0.25, 0.3) is 0 Å². The molecule has 0 heterocycles. The van der Waals surface area contributed by atoms with Crippen LogP contribution in [0.15, 0.2) is 11.6 Å². The fraction of sp³-hybridized carbons (Fsp3) is 0.800. The summed E-state index contributed by atoms with van der Waals surface area (Å²) in [6.45, 7) is 4.55. The Balaban J connectivity index is 2.41. The van der Waals surface area contributed by atoms with Gasteiger partial charge in [-0.15, -0.1) is 0 Å². The van der Waals surface area contributed by atoms with E-state index in [1.165, 1.54) is 25.7 Å². The van der Waals surface area contributed by atoms with Crippen molar-refractivity contribution >= 4 is 0 Å². The molecule has 1 aliphatic rings. The van der Waals surface area contributed by atoms with E-state index >= 15 is 0 Å². The molecule has 1 aliphatic carbocycles. The summed E-state index contributed by atoms with van der Waals surface area (Å²) < 4.78 is 0. The monoisotopic (exact) mass is 153 g/mol. The van der Waals surface area contributed by atoms with Crippen LogP contribution in [0.25, 0.3) is 0 Å². The van der Waals surface area contributed by atoms with Crippen molar-refractivity contribution in [2.24, 2.45) is 11.7 Å². The number of allylic oxidation sites excluding steroid dienone is 1. The maximum Gasteiger partial charge on any atom is 0.0229 e. The quantitative estimate of drug-likeness (QED) is 0.619. The first-order valence-corrected chi connectivity index (χ1v) is 4.70. The van der Waals surface area contributed by atoms with Crippen molar-refractivity contribution < 1.29 is 0 Å². The Labute approximate surface area is 69.7 Å². The Morgan fingerprint density at radius 1 is 1.73 bits per heavy atom. The van der Waals surface area contributed by atoms with Crippen LogP contribution in [0.2, 0.25) is 0 Å². The average molecular weight is 153 g/mol. The van der Waals surface area contributed by atoms with Crippen LogP contribution in [0.1, 0.15) is 39.5 Å². The zero-order valence-electron chi connectivity index (χ0n) is 7.64. The Morgan fingerprint density at radius 3 is 2.91 bits per heavy atom. The molecule has 0 saturated heterocycles. The zero-order chi connectivity index (χ0) is 8.27. The number of hydrogen-bond donors (Lipinski definition) is 1. The summed E-state index contributed by atoms with van der Waals surface area (Å²) in [6.07, 6.45) is 7.28. The van der Waals surface area contributed by atoms with E-state index in [1.807, 2.05) is 0 Å². The molecule has 1 rings (SSSR count). The highest BCUT2D eigenvalue weighted by atomic mass is 14.6. The first kappa shape index (κ1) is 8.79. The summed E-state index contributed by atoms with van der Waals surface area (Å²) in [7, 11) is 0. The molecule has 64 valence electrons. The van der Waals surface area contributed by atoms with Gasteiger partial charge in [-0.05, 0) is 25.2 Å². The van der Waals surface area contributed by atoms with Gasteiger partial charge in [0, 0.05) is 6.04 Å². The molecule has 0 radical (unpaired) electrons. The maximum atomic E-state index is 5.78. The van der Waals surface area contributed by atoms with Gasteiger partial charge in [0.15, 0.2) is 0 Å². The third kappa shape index (κ3) is 2.33. The Bertz CT molecular complexity index is 149. The van der Waals surface area contributed by atoms with Gasteiger partial charge in [0.05, 0.1) is 0 Å². The lowest BCUT2D eigenvalue weighted by Gasteiger charge is -2.10. The molecule has 0 spiro atoms. The molecule has 0 aliphatic heterocycles. The normalized spacial score (nSPS) is 26.8. The van der Waals surface area contributed by atoms with Crippen molar-refractivity contribution in [1.82, 2.24) is 0 Å². The molecule has 0 fully saturated rings. The van der Waals surface area contributed by atoms with Crippen LogP contribution < -0.4 is 5.73 Å². The molecule has 2 unspecified atom stereocenters. The molecule has 0 saturated carbocycles. The minimum atomic E-state index is 0.351. The molecule has 1 nitrogen and oxygen atoms in total. The summed E-state index contributed by atoms with van der Waals surface area (Å²) in [5.41, 5.74) is 7.38. The second-order valence-electron chi connectivity index (χ2n) is 3.63. The molecule has 11 heavy (non-hydrogen) atoms. The molecular weight excluding hydrogens is 134 g/mol. The average Bonchev–Trinajstić information content (AvgIpc) is 2.36. The van der Waals surface area contributed by atoms with E-state index < -0.39 is 0 Å². The molecule has 0 bridgehead atoms. The fourth-order valence-corrected chi connectivity index (χ4v) is 1.80. The van der Waals surface area contributed by atoms with Gasteiger partial charge in [-0.25, -0.2) is 0 Å². The van der Waals surface area contributed by atoms with E-state index in [2.05, 4.69) is 19.9 Å². The summed E-state index contributed by atoms with van der Waals surface area (Å²) >= 11 is 0. The van der Waals surface area contributed by atoms with Gasteiger partial charge in [-0.1, -0.05) is 31.9 Å². The predicted molar refractivity (Wildman–Crippen MR) is 49.4 cm³/mol. The molecule has 0 aromatic heterocycles. The van der Waals surface area contributed by atoms with Gasteiger partial charge in [0.2, 0.25) is 0 Å². The second kappa shape index (κ2) is 3.91. The molecule has 1 heteroatoms. The summed E-state index contributed by atoms with van der Waals surface area (Å²) in [4.78, 5) is 0. The summed E-state index contributed by atoms with van der Waals surface area (Å²) in [5, 5.41) is 0. The third-order valence-electron chi connectivity index (χ3n) is 2.55. The van der Waals surface area contributed by atoms with E-state index in [0.29, 0.717) is 6.04 Å². The van der Waals surface area contributed by atoms with Crippen molar-refractivity contribution in [1.29, 1.82) is 0 Å². The lowest BCUT2D eigenvalue weighted by Crippen LogP contribution is -2.11. The first-order valence-electron chi connectivity index (χ1n) is 4.70. The van der Waals surface area contributed by atoms with Gasteiger partial charge in [0.1, 0.15) is 0 Å². The van der Waals surface area contributed by atoms with Crippen LogP contribution in [-0.2, 0) is 0 Å². The van der Waals surface area contributed by atoms with Crippen LogP contribution in [0.5, 0.6) is 0 Å². The topological polar surface area (TPSA) is 26.0 Å². The van der Waals surface area contributed by atoms with Crippen molar-refractivity contribution in [2.45, 2.75) is 45.6 Å². The largest absolute Gasteiger partial charge is 0.324 e. The van der Waals surface area contributed by atoms with Crippen LogP contribution in [0, 0.1) is 5.92 Å². The molecule has 0 aromatic carbocycles. The van der Waals surface area contributed by atoms with E-state index in [0.717, 1.165) is 5.92 Å². The predicted octanol–water partition coefficient (Wildman–Crippen LogP) is 2.47.